The van der Waals surface area contributed by atoms with E-state index in [9.17, 15) is 9.90 Å². The summed E-state index contributed by atoms with van der Waals surface area (Å²) in [6.07, 6.45) is 0.999. The van der Waals surface area contributed by atoms with Crippen molar-refractivity contribution in [3.8, 4) is 0 Å². The van der Waals surface area contributed by atoms with Crippen molar-refractivity contribution in [2.75, 3.05) is 5.88 Å². The van der Waals surface area contributed by atoms with Crippen molar-refractivity contribution in [1.82, 2.24) is 5.32 Å². The second-order valence-electron chi connectivity index (χ2n) is 3.99. The number of aryl methyl sites for hydroxylation is 1. The largest absolute Gasteiger partial charge is 0.386 e. The van der Waals surface area contributed by atoms with Crippen molar-refractivity contribution in [1.29, 1.82) is 0 Å². The molecule has 86 valence electrons. The van der Waals surface area contributed by atoms with Gasteiger partial charge in [-0.25, -0.2) is 0 Å². The number of amides is 1. The molecule has 1 amide bonds. The average molecular weight is 240 g/mol. The molecule has 1 aromatic carbocycles. The number of hydrogen-bond donors (Lipinski definition) is 2. The zero-order chi connectivity index (χ0) is 11.5. The summed E-state index contributed by atoms with van der Waals surface area (Å²) >= 11 is 5.43. The average Bonchev–Trinajstić information content (AvgIpc) is 2.33. The first-order valence-corrected chi connectivity index (χ1v) is 5.87. The molecule has 0 fully saturated rings. The van der Waals surface area contributed by atoms with Gasteiger partial charge < -0.3 is 10.4 Å². The van der Waals surface area contributed by atoms with Gasteiger partial charge >= 0.3 is 0 Å². The summed E-state index contributed by atoms with van der Waals surface area (Å²) < 4.78 is 0. The molecule has 16 heavy (non-hydrogen) atoms. The maximum Gasteiger partial charge on any atom is 0.235 e. The minimum absolute atomic E-state index is 0.0646. The Morgan fingerprint density at radius 2 is 2.25 bits per heavy atom. The van der Waals surface area contributed by atoms with Gasteiger partial charge in [0.25, 0.3) is 0 Å². The lowest BCUT2D eigenvalue weighted by Gasteiger charge is -2.30. The van der Waals surface area contributed by atoms with E-state index in [1.807, 2.05) is 24.3 Å². The molecule has 0 saturated heterocycles. The third kappa shape index (κ3) is 2.20. The van der Waals surface area contributed by atoms with E-state index in [1.54, 1.807) is 0 Å². The SMILES string of the molecule is O=C(CCl)N[C@H]1CCc2ccccc2[C@H]1O. The Kier molecular flexibility index (Phi) is 3.46. The smallest absolute Gasteiger partial charge is 0.235 e. The van der Waals surface area contributed by atoms with Crippen LogP contribution in [0.4, 0.5) is 0 Å². The fourth-order valence-corrected chi connectivity index (χ4v) is 2.21. The van der Waals surface area contributed by atoms with E-state index in [1.165, 1.54) is 0 Å². The topological polar surface area (TPSA) is 49.3 Å². The van der Waals surface area contributed by atoms with Crippen molar-refractivity contribution in [3.63, 3.8) is 0 Å². The van der Waals surface area contributed by atoms with Crippen LogP contribution in [0, 0.1) is 0 Å². The van der Waals surface area contributed by atoms with Gasteiger partial charge in [0.05, 0.1) is 12.1 Å². The lowest BCUT2D eigenvalue weighted by atomic mass is 9.86. The summed E-state index contributed by atoms with van der Waals surface area (Å²) in [5.41, 5.74) is 2.07. The van der Waals surface area contributed by atoms with E-state index >= 15 is 0 Å². The van der Waals surface area contributed by atoms with E-state index in [0.717, 1.165) is 24.0 Å². The Bertz CT molecular complexity index is 394. The second kappa shape index (κ2) is 4.85. The highest BCUT2D eigenvalue weighted by Gasteiger charge is 2.28. The fraction of sp³-hybridized carbons (Fsp3) is 0.417. The van der Waals surface area contributed by atoms with Gasteiger partial charge in [-0.15, -0.1) is 11.6 Å². The molecule has 0 bridgehead atoms. The molecule has 1 aliphatic rings. The Morgan fingerprint density at radius 1 is 1.50 bits per heavy atom. The Labute approximate surface area is 99.4 Å². The molecule has 1 aliphatic carbocycles. The standard InChI is InChI=1S/C12H14ClNO2/c13-7-11(15)14-10-6-5-8-3-1-2-4-9(8)12(10)16/h1-4,10,12,16H,5-7H2,(H,14,15)/t10-,12+/m0/s1. The molecule has 2 rings (SSSR count). The van der Waals surface area contributed by atoms with Crippen LogP contribution in [0.5, 0.6) is 0 Å². The Balaban J connectivity index is 2.15. The van der Waals surface area contributed by atoms with Gasteiger partial charge in [-0.1, -0.05) is 24.3 Å². The number of hydrogen-bond acceptors (Lipinski definition) is 2. The molecular formula is C12H14ClNO2. The van der Waals surface area contributed by atoms with Crippen molar-refractivity contribution in [2.45, 2.75) is 25.0 Å². The quantitative estimate of drug-likeness (QED) is 0.767. The number of fused-ring (bicyclic) bond motifs is 1. The zero-order valence-corrected chi connectivity index (χ0v) is 9.57. The number of carbonyl (C=O) groups excluding carboxylic acids is 1. The van der Waals surface area contributed by atoms with E-state index in [4.69, 9.17) is 11.6 Å². The number of benzene rings is 1. The molecule has 0 aromatic heterocycles. The van der Waals surface area contributed by atoms with Gasteiger partial charge in [0.1, 0.15) is 5.88 Å². The number of nitrogens with one attached hydrogen (secondary N) is 1. The predicted octanol–water partition coefficient (Wildman–Crippen LogP) is 1.39. The van der Waals surface area contributed by atoms with Gasteiger partial charge in [-0.05, 0) is 24.0 Å². The number of aliphatic hydroxyl groups excluding tert-OH is 1. The van der Waals surface area contributed by atoms with Gasteiger partial charge in [0.2, 0.25) is 5.91 Å². The fourth-order valence-electron chi connectivity index (χ4n) is 2.13. The van der Waals surface area contributed by atoms with Crippen LogP contribution in [0.1, 0.15) is 23.7 Å². The summed E-state index contributed by atoms with van der Waals surface area (Å²) in [5.74, 6) is -0.296. The van der Waals surface area contributed by atoms with Gasteiger partial charge in [-0.3, -0.25) is 4.79 Å². The number of halogens is 1. The van der Waals surface area contributed by atoms with Crippen molar-refractivity contribution >= 4 is 17.5 Å². The van der Waals surface area contributed by atoms with Crippen LogP contribution >= 0.6 is 11.6 Å². The molecule has 0 aliphatic heterocycles. The summed E-state index contributed by atoms with van der Waals surface area (Å²) in [6, 6.07) is 7.55. The zero-order valence-electron chi connectivity index (χ0n) is 8.82. The van der Waals surface area contributed by atoms with Crippen LogP contribution in [0.25, 0.3) is 0 Å². The third-order valence-corrected chi connectivity index (χ3v) is 3.19. The molecule has 0 heterocycles. The normalized spacial score (nSPS) is 23.6. The number of carbonyl (C=O) groups is 1. The molecular weight excluding hydrogens is 226 g/mol. The molecule has 4 heteroatoms. The van der Waals surface area contributed by atoms with Crippen LogP contribution in [0.2, 0.25) is 0 Å². The minimum Gasteiger partial charge on any atom is -0.386 e. The van der Waals surface area contributed by atoms with E-state index < -0.39 is 6.10 Å². The predicted molar refractivity (Wildman–Crippen MR) is 62.4 cm³/mol. The minimum atomic E-state index is -0.628. The molecule has 0 spiro atoms. The lowest BCUT2D eigenvalue weighted by molar-refractivity contribution is -0.120. The van der Waals surface area contributed by atoms with E-state index in [-0.39, 0.29) is 17.8 Å². The van der Waals surface area contributed by atoms with Crippen LogP contribution < -0.4 is 5.32 Å². The van der Waals surface area contributed by atoms with Gasteiger partial charge in [-0.2, -0.15) is 0 Å². The number of rotatable bonds is 2. The maximum absolute atomic E-state index is 11.2. The van der Waals surface area contributed by atoms with Crippen molar-refractivity contribution in [2.24, 2.45) is 0 Å². The summed E-state index contributed by atoms with van der Waals surface area (Å²) in [7, 11) is 0. The van der Waals surface area contributed by atoms with E-state index in [2.05, 4.69) is 5.32 Å². The highest BCUT2D eigenvalue weighted by Crippen LogP contribution is 2.29. The van der Waals surface area contributed by atoms with Crippen LogP contribution in [-0.4, -0.2) is 22.9 Å². The van der Waals surface area contributed by atoms with Gasteiger partial charge in [0, 0.05) is 0 Å². The van der Waals surface area contributed by atoms with Crippen LogP contribution in [0.3, 0.4) is 0 Å². The molecule has 3 nitrogen and oxygen atoms in total. The molecule has 0 saturated carbocycles. The first kappa shape index (κ1) is 11.4. The summed E-state index contributed by atoms with van der Waals surface area (Å²) in [6.45, 7) is 0. The highest BCUT2D eigenvalue weighted by molar-refractivity contribution is 6.27. The van der Waals surface area contributed by atoms with Crippen LogP contribution in [0.15, 0.2) is 24.3 Å². The number of alkyl halides is 1. The first-order chi connectivity index (χ1) is 7.72. The molecule has 2 atom stereocenters. The van der Waals surface area contributed by atoms with Crippen LogP contribution in [-0.2, 0) is 11.2 Å². The monoisotopic (exact) mass is 239 g/mol. The Hall–Kier alpha value is -1.06. The summed E-state index contributed by atoms with van der Waals surface area (Å²) in [5, 5.41) is 12.8. The van der Waals surface area contributed by atoms with E-state index in [0.29, 0.717) is 0 Å². The van der Waals surface area contributed by atoms with Crippen molar-refractivity contribution in [3.05, 3.63) is 35.4 Å². The first-order valence-electron chi connectivity index (χ1n) is 5.33. The summed E-state index contributed by atoms with van der Waals surface area (Å²) in [4.78, 5) is 11.2. The molecule has 0 unspecified atom stereocenters. The van der Waals surface area contributed by atoms with Crippen molar-refractivity contribution < 1.29 is 9.90 Å². The molecule has 0 radical (unpaired) electrons. The Morgan fingerprint density at radius 3 is 3.00 bits per heavy atom. The third-order valence-electron chi connectivity index (χ3n) is 2.95. The molecule has 2 N–H and O–H groups in total. The lowest BCUT2D eigenvalue weighted by Crippen LogP contribution is -2.42. The second-order valence-corrected chi connectivity index (χ2v) is 4.26. The van der Waals surface area contributed by atoms with Gasteiger partial charge in [0.15, 0.2) is 0 Å². The molecule has 1 aromatic rings. The number of aliphatic hydroxyl groups is 1. The highest BCUT2D eigenvalue weighted by atomic mass is 35.5. The maximum atomic E-state index is 11.2.